The quantitative estimate of drug-likeness (QED) is 0.736. The van der Waals surface area contributed by atoms with Gasteiger partial charge < -0.3 is 15.3 Å². The first kappa shape index (κ1) is 17.1. The maximum Gasteiger partial charge on any atom is 0.336 e. The molecule has 0 aliphatic rings. The molecule has 5 heteroatoms. The van der Waals surface area contributed by atoms with Gasteiger partial charge >= 0.3 is 5.97 Å². The molecule has 0 fully saturated rings. The highest BCUT2D eigenvalue weighted by atomic mass is 32.1. The Morgan fingerprint density at radius 2 is 2.05 bits per heavy atom. The van der Waals surface area contributed by atoms with E-state index in [2.05, 4.69) is 38.2 Å². The highest BCUT2D eigenvalue weighted by molar-refractivity contribution is 7.10. The van der Waals surface area contributed by atoms with E-state index in [4.69, 9.17) is 5.11 Å². The van der Waals surface area contributed by atoms with Crippen LogP contribution in [0.1, 0.15) is 41.9 Å². The predicted octanol–water partition coefficient (Wildman–Crippen LogP) is 2.90. The first-order valence-corrected chi connectivity index (χ1v) is 8.05. The van der Waals surface area contributed by atoms with E-state index in [-0.39, 0.29) is 0 Å². The summed E-state index contributed by atoms with van der Waals surface area (Å²) in [6, 6.07) is 2.27. The first-order valence-electron chi connectivity index (χ1n) is 7.17. The lowest BCUT2D eigenvalue weighted by atomic mass is 9.93. The molecule has 1 aromatic rings. The third-order valence-electron chi connectivity index (χ3n) is 3.81. The first-order chi connectivity index (χ1) is 9.49. The summed E-state index contributed by atoms with van der Waals surface area (Å²) < 4.78 is 0. The minimum absolute atomic E-state index is 0.385. The van der Waals surface area contributed by atoms with Gasteiger partial charge in [-0.05, 0) is 26.1 Å². The van der Waals surface area contributed by atoms with Crippen molar-refractivity contribution in [3.05, 3.63) is 21.9 Å². The maximum absolute atomic E-state index is 10.8. The molecule has 1 rings (SSSR count). The number of thiophene rings is 1. The fourth-order valence-electron chi connectivity index (χ4n) is 2.53. The Morgan fingerprint density at radius 1 is 1.40 bits per heavy atom. The van der Waals surface area contributed by atoms with Crippen molar-refractivity contribution >= 4 is 17.3 Å². The van der Waals surface area contributed by atoms with Crippen LogP contribution in [0.2, 0.25) is 0 Å². The monoisotopic (exact) mass is 298 g/mol. The zero-order chi connectivity index (χ0) is 15.1. The number of nitrogens with one attached hydrogen (secondary N) is 1. The van der Waals surface area contributed by atoms with Crippen LogP contribution in [0.25, 0.3) is 0 Å². The molecule has 0 aromatic carbocycles. The molecule has 114 valence electrons. The van der Waals surface area contributed by atoms with Crippen molar-refractivity contribution in [1.82, 2.24) is 10.2 Å². The summed E-state index contributed by atoms with van der Waals surface area (Å²) in [5.74, 6) is -0.161. The van der Waals surface area contributed by atoms with E-state index in [9.17, 15) is 4.79 Å². The van der Waals surface area contributed by atoms with E-state index in [1.165, 1.54) is 24.2 Å². The van der Waals surface area contributed by atoms with Crippen molar-refractivity contribution in [1.29, 1.82) is 0 Å². The molecule has 2 N–H and O–H groups in total. The second-order valence-corrected chi connectivity index (χ2v) is 6.34. The molecule has 0 saturated carbocycles. The third kappa shape index (κ3) is 4.89. The summed E-state index contributed by atoms with van der Waals surface area (Å²) in [4.78, 5) is 14.2. The Morgan fingerprint density at radius 3 is 2.50 bits per heavy atom. The Hall–Kier alpha value is -0.910. The van der Waals surface area contributed by atoms with Gasteiger partial charge in [0.25, 0.3) is 0 Å². The molecule has 0 spiro atoms. The van der Waals surface area contributed by atoms with Crippen LogP contribution in [0.4, 0.5) is 0 Å². The average Bonchev–Trinajstić information content (AvgIpc) is 2.87. The summed E-state index contributed by atoms with van der Waals surface area (Å²) in [7, 11) is 4.25. The number of carboxylic acid groups (broad SMARTS) is 1. The van der Waals surface area contributed by atoms with E-state index in [0.29, 0.717) is 17.5 Å². The summed E-state index contributed by atoms with van der Waals surface area (Å²) in [6.07, 6.45) is 2.37. The number of aromatic carboxylic acids is 1. The normalized spacial score (nSPS) is 13.1. The Labute approximate surface area is 125 Å². The van der Waals surface area contributed by atoms with E-state index in [1.807, 2.05) is 0 Å². The Bertz CT molecular complexity index is 414. The molecule has 1 aromatic heterocycles. The van der Waals surface area contributed by atoms with Crippen molar-refractivity contribution in [3.8, 4) is 0 Å². The smallest absolute Gasteiger partial charge is 0.336 e. The molecule has 1 unspecified atom stereocenters. The molecule has 0 aliphatic carbocycles. The third-order valence-corrected chi connectivity index (χ3v) is 4.75. The molecular formula is C15H26N2O2S. The molecule has 4 nitrogen and oxygen atoms in total. The number of hydrogen-bond donors (Lipinski definition) is 2. The Balaban J connectivity index is 2.49. The second kappa shape index (κ2) is 8.39. The predicted molar refractivity (Wildman–Crippen MR) is 84.5 cm³/mol. The van der Waals surface area contributed by atoms with E-state index in [1.54, 1.807) is 11.4 Å². The highest BCUT2D eigenvalue weighted by Gasteiger charge is 2.20. The molecule has 1 atom stereocenters. The molecule has 0 bridgehead atoms. The summed E-state index contributed by atoms with van der Waals surface area (Å²) in [5, 5.41) is 14.1. The van der Waals surface area contributed by atoms with Crippen LogP contribution in [-0.4, -0.2) is 42.7 Å². The number of carboxylic acids is 1. The van der Waals surface area contributed by atoms with Crippen molar-refractivity contribution < 1.29 is 9.90 Å². The van der Waals surface area contributed by atoms with Crippen LogP contribution in [0.3, 0.4) is 0 Å². The maximum atomic E-state index is 10.8. The summed E-state index contributed by atoms with van der Waals surface area (Å²) in [5.41, 5.74) is 0.385. The number of rotatable bonds is 9. The van der Waals surface area contributed by atoms with Gasteiger partial charge in [0.05, 0.1) is 5.56 Å². The van der Waals surface area contributed by atoms with Gasteiger partial charge in [0.2, 0.25) is 0 Å². The molecule has 0 aliphatic heterocycles. The fraction of sp³-hybridized carbons (Fsp3) is 0.667. The molecule has 0 radical (unpaired) electrons. The van der Waals surface area contributed by atoms with Gasteiger partial charge in [-0.1, -0.05) is 26.7 Å². The zero-order valence-corrected chi connectivity index (χ0v) is 13.7. The second-order valence-electron chi connectivity index (χ2n) is 5.35. The molecule has 0 amide bonds. The van der Waals surface area contributed by atoms with Crippen molar-refractivity contribution in [2.24, 2.45) is 5.92 Å². The minimum atomic E-state index is -0.851. The number of hydrogen-bond acceptors (Lipinski definition) is 4. The van der Waals surface area contributed by atoms with Crippen LogP contribution in [0, 0.1) is 5.92 Å². The van der Waals surface area contributed by atoms with Crippen LogP contribution in [0.5, 0.6) is 0 Å². The standard InChI is InChI=1S/C15H26N2O2S/c1-5-11(6-2)14(17(3)4)9-16-8-13-7-12(10-20-13)15(18)19/h7,10-11,14,16H,5-6,8-9H2,1-4H3,(H,18,19). The average molecular weight is 298 g/mol. The summed E-state index contributed by atoms with van der Waals surface area (Å²) in [6.45, 7) is 6.15. The van der Waals surface area contributed by atoms with Crippen LogP contribution >= 0.6 is 11.3 Å². The van der Waals surface area contributed by atoms with Gasteiger partial charge in [-0.25, -0.2) is 4.79 Å². The van der Waals surface area contributed by atoms with Gasteiger partial charge in [0.15, 0.2) is 0 Å². The van der Waals surface area contributed by atoms with Gasteiger partial charge in [-0.2, -0.15) is 0 Å². The van der Waals surface area contributed by atoms with Gasteiger partial charge in [0.1, 0.15) is 0 Å². The van der Waals surface area contributed by atoms with E-state index >= 15 is 0 Å². The molecule has 1 heterocycles. The van der Waals surface area contributed by atoms with Crippen LogP contribution in [-0.2, 0) is 6.54 Å². The SMILES string of the molecule is CCC(CC)C(CNCc1cc(C(=O)O)cs1)N(C)C. The van der Waals surface area contributed by atoms with E-state index in [0.717, 1.165) is 18.0 Å². The fourth-order valence-corrected chi connectivity index (χ4v) is 3.36. The topological polar surface area (TPSA) is 52.6 Å². The number of nitrogens with zero attached hydrogens (tertiary/aromatic N) is 1. The van der Waals surface area contributed by atoms with Gasteiger partial charge in [-0.15, -0.1) is 11.3 Å². The molecule has 20 heavy (non-hydrogen) atoms. The lowest BCUT2D eigenvalue weighted by molar-refractivity contribution is 0.0697. The largest absolute Gasteiger partial charge is 0.478 e. The minimum Gasteiger partial charge on any atom is -0.478 e. The van der Waals surface area contributed by atoms with Crippen LogP contribution in [0.15, 0.2) is 11.4 Å². The number of likely N-dealkylation sites (N-methyl/N-ethyl adjacent to an activating group) is 1. The van der Waals surface area contributed by atoms with Crippen molar-refractivity contribution in [2.75, 3.05) is 20.6 Å². The van der Waals surface area contributed by atoms with Crippen molar-refractivity contribution in [3.63, 3.8) is 0 Å². The van der Waals surface area contributed by atoms with Gasteiger partial charge in [0, 0.05) is 29.4 Å². The zero-order valence-electron chi connectivity index (χ0n) is 12.8. The van der Waals surface area contributed by atoms with Gasteiger partial charge in [-0.3, -0.25) is 0 Å². The Kier molecular flexibility index (Phi) is 7.19. The van der Waals surface area contributed by atoms with Crippen LogP contribution < -0.4 is 5.32 Å². The highest BCUT2D eigenvalue weighted by Crippen LogP contribution is 2.17. The number of carbonyl (C=O) groups is 1. The summed E-state index contributed by atoms with van der Waals surface area (Å²) >= 11 is 1.50. The van der Waals surface area contributed by atoms with E-state index < -0.39 is 5.97 Å². The van der Waals surface area contributed by atoms with Crippen molar-refractivity contribution in [2.45, 2.75) is 39.3 Å². The molecular weight excluding hydrogens is 272 g/mol. The molecule has 0 saturated heterocycles. The lowest BCUT2D eigenvalue weighted by Crippen LogP contribution is -2.42. The lowest BCUT2D eigenvalue weighted by Gasteiger charge is -2.31.